The van der Waals surface area contributed by atoms with Crippen LogP contribution in [0.15, 0.2) is 22.1 Å². The largest absolute Gasteiger partial charge is 0.360 e. The number of rotatable bonds is 4. The smallest absolute Gasteiger partial charge is 0.267 e. The van der Waals surface area contributed by atoms with Crippen LogP contribution in [0.1, 0.15) is 17.1 Å². The zero-order valence-electron chi connectivity index (χ0n) is 12.0. The highest BCUT2D eigenvalue weighted by molar-refractivity contribution is 7.92. The van der Waals surface area contributed by atoms with Crippen LogP contribution in [0.2, 0.25) is 0 Å². The maximum absolute atomic E-state index is 12.6. The first-order valence-electron chi connectivity index (χ1n) is 6.26. The van der Waals surface area contributed by atoms with E-state index in [1.165, 1.54) is 24.1 Å². The third-order valence-corrected chi connectivity index (χ3v) is 4.66. The molecule has 0 unspecified atom stereocenters. The molecule has 0 aliphatic heterocycles. The van der Waals surface area contributed by atoms with Gasteiger partial charge >= 0.3 is 0 Å². The van der Waals surface area contributed by atoms with Gasteiger partial charge in [0.25, 0.3) is 10.0 Å². The summed E-state index contributed by atoms with van der Waals surface area (Å²) in [7, 11) is -3.86. The van der Waals surface area contributed by atoms with E-state index in [1.54, 1.807) is 13.8 Å². The molecule has 0 aromatic carbocycles. The van der Waals surface area contributed by atoms with E-state index in [0.717, 1.165) is 0 Å². The number of aromatic nitrogens is 6. The summed E-state index contributed by atoms with van der Waals surface area (Å²) >= 11 is 0. The van der Waals surface area contributed by atoms with Crippen molar-refractivity contribution in [1.82, 2.24) is 30.1 Å². The van der Waals surface area contributed by atoms with Crippen LogP contribution in [0.5, 0.6) is 0 Å². The molecule has 2 N–H and O–H groups in total. The maximum Gasteiger partial charge on any atom is 0.267 e. The normalized spacial score (nSPS) is 11.8. The third-order valence-electron chi connectivity index (χ3n) is 3.06. The SMILES string of the molecule is Cc1noc(C)c1S(=O)(=O)Nc1c(-n2cnnc2)n[nH]c1C. The molecule has 10 nitrogen and oxygen atoms in total. The van der Waals surface area contributed by atoms with Crippen molar-refractivity contribution in [2.75, 3.05) is 4.72 Å². The second kappa shape index (κ2) is 4.94. The van der Waals surface area contributed by atoms with Crippen LogP contribution in [0.3, 0.4) is 0 Å². The van der Waals surface area contributed by atoms with Gasteiger partial charge in [0.2, 0.25) is 0 Å². The standard InChI is InChI=1S/C11H13N7O3S/c1-6-9(11(15-14-6)18-4-12-13-5-18)17-22(19,20)10-7(2)16-21-8(10)3/h4-5,17H,1-3H3,(H,14,15). The summed E-state index contributed by atoms with van der Waals surface area (Å²) in [4.78, 5) is 0.0165. The molecule has 0 amide bonds. The quantitative estimate of drug-likeness (QED) is 0.722. The number of H-pyrrole nitrogens is 1. The molecule has 0 radical (unpaired) electrons. The lowest BCUT2D eigenvalue weighted by atomic mass is 10.4. The first-order chi connectivity index (χ1) is 10.4. The van der Waals surface area contributed by atoms with Gasteiger partial charge in [0, 0.05) is 0 Å². The molecular formula is C11H13N7O3S. The Hall–Kier alpha value is -2.69. The van der Waals surface area contributed by atoms with Crippen LogP contribution in [0, 0.1) is 20.8 Å². The molecule has 0 bridgehead atoms. The summed E-state index contributed by atoms with van der Waals surface area (Å²) < 4.78 is 34.1. The highest BCUT2D eigenvalue weighted by Gasteiger charge is 2.27. The van der Waals surface area contributed by atoms with E-state index >= 15 is 0 Å². The van der Waals surface area contributed by atoms with Crippen molar-refractivity contribution in [2.45, 2.75) is 25.7 Å². The molecule has 22 heavy (non-hydrogen) atoms. The monoisotopic (exact) mass is 323 g/mol. The Morgan fingerprint density at radius 2 is 1.91 bits per heavy atom. The van der Waals surface area contributed by atoms with Crippen molar-refractivity contribution in [3.05, 3.63) is 29.8 Å². The summed E-state index contributed by atoms with van der Waals surface area (Å²) in [6, 6.07) is 0. The topological polar surface area (TPSA) is 132 Å². The van der Waals surface area contributed by atoms with Crippen LogP contribution in [-0.4, -0.2) is 38.5 Å². The second-order valence-corrected chi connectivity index (χ2v) is 6.29. The van der Waals surface area contributed by atoms with Crippen molar-refractivity contribution in [3.63, 3.8) is 0 Å². The van der Waals surface area contributed by atoms with E-state index in [1.807, 2.05) is 0 Å². The van der Waals surface area contributed by atoms with E-state index < -0.39 is 10.0 Å². The van der Waals surface area contributed by atoms with Gasteiger partial charge in [-0.3, -0.25) is 14.4 Å². The summed E-state index contributed by atoms with van der Waals surface area (Å²) in [6.45, 7) is 4.80. The van der Waals surface area contributed by atoms with E-state index in [9.17, 15) is 8.42 Å². The zero-order chi connectivity index (χ0) is 15.9. The van der Waals surface area contributed by atoms with Gasteiger partial charge in [0.1, 0.15) is 24.0 Å². The van der Waals surface area contributed by atoms with Gasteiger partial charge < -0.3 is 4.52 Å². The second-order valence-electron chi connectivity index (χ2n) is 4.68. The first-order valence-corrected chi connectivity index (χ1v) is 7.74. The number of nitrogens with one attached hydrogen (secondary N) is 2. The molecule has 0 aliphatic carbocycles. The molecule has 0 atom stereocenters. The van der Waals surface area contributed by atoms with Gasteiger partial charge in [-0.05, 0) is 20.8 Å². The predicted octanol–water partition coefficient (Wildman–Crippen LogP) is 0.704. The van der Waals surface area contributed by atoms with Crippen molar-refractivity contribution < 1.29 is 12.9 Å². The lowest BCUT2D eigenvalue weighted by Gasteiger charge is -2.08. The van der Waals surface area contributed by atoms with Crippen LogP contribution < -0.4 is 4.72 Å². The molecule has 0 aliphatic rings. The van der Waals surface area contributed by atoms with Gasteiger partial charge in [-0.2, -0.15) is 5.10 Å². The molecule has 0 saturated carbocycles. The van der Waals surface area contributed by atoms with E-state index in [2.05, 4.69) is 30.3 Å². The number of sulfonamides is 1. The Morgan fingerprint density at radius 1 is 1.23 bits per heavy atom. The lowest BCUT2D eigenvalue weighted by Crippen LogP contribution is -2.16. The maximum atomic E-state index is 12.6. The van der Waals surface area contributed by atoms with Crippen molar-refractivity contribution in [2.24, 2.45) is 0 Å². The number of aryl methyl sites for hydroxylation is 3. The van der Waals surface area contributed by atoms with Crippen molar-refractivity contribution >= 4 is 15.7 Å². The number of hydrogen-bond acceptors (Lipinski definition) is 7. The fourth-order valence-corrected chi connectivity index (χ4v) is 3.54. The molecule has 116 valence electrons. The third kappa shape index (κ3) is 2.24. The minimum Gasteiger partial charge on any atom is -0.360 e. The molecule has 3 aromatic heterocycles. The Morgan fingerprint density at radius 3 is 2.50 bits per heavy atom. The average molecular weight is 323 g/mol. The van der Waals surface area contributed by atoms with Gasteiger partial charge in [-0.1, -0.05) is 5.16 Å². The molecule has 3 rings (SSSR count). The molecule has 0 spiro atoms. The minimum atomic E-state index is -3.86. The van der Waals surface area contributed by atoms with E-state index in [-0.39, 0.29) is 16.3 Å². The fraction of sp³-hybridized carbons (Fsp3) is 0.273. The Bertz CT molecular complexity index is 888. The van der Waals surface area contributed by atoms with Crippen LogP contribution in [0.25, 0.3) is 5.82 Å². The first kappa shape index (κ1) is 14.3. The van der Waals surface area contributed by atoms with Gasteiger partial charge in [-0.15, -0.1) is 10.2 Å². The van der Waals surface area contributed by atoms with E-state index in [4.69, 9.17) is 4.52 Å². The van der Waals surface area contributed by atoms with Crippen molar-refractivity contribution in [1.29, 1.82) is 0 Å². The summed E-state index contributed by atoms with van der Waals surface area (Å²) in [5.41, 5.74) is 1.15. The Balaban J connectivity index is 2.06. The minimum absolute atomic E-state index is 0.0165. The summed E-state index contributed by atoms with van der Waals surface area (Å²) in [5, 5.41) is 17.8. The van der Waals surface area contributed by atoms with Gasteiger partial charge in [0.05, 0.1) is 5.69 Å². The molecule has 0 saturated heterocycles. The van der Waals surface area contributed by atoms with Crippen LogP contribution in [-0.2, 0) is 10.0 Å². The molecular weight excluding hydrogens is 310 g/mol. The predicted molar refractivity (Wildman–Crippen MR) is 75.0 cm³/mol. The zero-order valence-corrected chi connectivity index (χ0v) is 12.8. The van der Waals surface area contributed by atoms with Gasteiger partial charge in [0.15, 0.2) is 16.5 Å². The lowest BCUT2D eigenvalue weighted by molar-refractivity contribution is 0.390. The number of hydrogen-bond donors (Lipinski definition) is 2. The summed E-state index contributed by atoms with van der Waals surface area (Å²) in [6.07, 6.45) is 2.84. The van der Waals surface area contributed by atoms with Gasteiger partial charge in [-0.25, -0.2) is 8.42 Å². The average Bonchev–Trinajstić information content (AvgIpc) is 3.13. The number of aromatic amines is 1. The summed E-state index contributed by atoms with van der Waals surface area (Å²) in [5.74, 6) is 0.565. The van der Waals surface area contributed by atoms with Crippen LogP contribution in [0.4, 0.5) is 5.69 Å². The Kier molecular flexibility index (Phi) is 3.20. The number of nitrogens with zero attached hydrogens (tertiary/aromatic N) is 5. The van der Waals surface area contributed by atoms with E-state index in [0.29, 0.717) is 17.2 Å². The highest BCUT2D eigenvalue weighted by atomic mass is 32.2. The molecule has 3 heterocycles. The fourth-order valence-electron chi connectivity index (χ4n) is 2.08. The molecule has 11 heteroatoms. The van der Waals surface area contributed by atoms with Crippen molar-refractivity contribution in [3.8, 4) is 5.82 Å². The van der Waals surface area contributed by atoms with Crippen LogP contribution >= 0.6 is 0 Å². The number of anilines is 1. The molecule has 0 fully saturated rings. The molecule has 3 aromatic rings. The Labute approximate surface area is 125 Å². The highest BCUT2D eigenvalue weighted by Crippen LogP contribution is 2.27.